The smallest absolute Gasteiger partial charge is 0.321 e. The highest BCUT2D eigenvalue weighted by atomic mass is 16.3. The van der Waals surface area contributed by atoms with Gasteiger partial charge in [0.1, 0.15) is 5.76 Å². The number of carbonyl (C=O) groups is 2. The fraction of sp³-hybridized carbons (Fsp3) is 0.381. The SMILES string of the molecule is N#Cc1ccc(CN2CCCN(CC(=O)NC(=O)NCc3ccco3)CC2)cc1. The second kappa shape index (κ2) is 10.4. The third-order valence-corrected chi connectivity index (χ3v) is 4.79. The Balaban J connectivity index is 1.38. The van der Waals surface area contributed by atoms with Gasteiger partial charge in [-0.3, -0.25) is 19.9 Å². The van der Waals surface area contributed by atoms with Crippen molar-refractivity contribution in [1.82, 2.24) is 20.4 Å². The zero-order valence-corrected chi connectivity index (χ0v) is 16.3. The number of benzene rings is 1. The summed E-state index contributed by atoms with van der Waals surface area (Å²) in [5, 5.41) is 13.8. The third kappa shape index (κ3) is 6.75. The first-order chi connectivity index (χ1) is 14.1. The first-order valence-corrected chi connectivity index (χ1v) is 9.66. The number of rotatable bonds is 6. The molecule has 3 amide bonds. The Bertz CT molecular complexity index is 842. The second-order valence-corrected chi connectivity index (χ2v) is 7.02. The molecule has 1 saturated heterocycles. The lowest BCUT2D eigenvalue weighted by molar-refractivity contribution is -0.121. The average Bonchev–Trinajstić information content (AvgIpc) is 3.15. The fourth-order valence-corrected chi connectivity index (χ4v) is 3.28. The summed E-state index contributed by atoms with van der Waals surface area (Å²) < 4.78 is 5.13. The zero-order valence-electron chi connectivity index (χ0n) is 16.3. The van der Waals surface area contributed by atoms with Crippen LogP contribution in [0.4, 0.5) is 4.79 Å². The van der Waals surface area contributed by atoms with Crippen molar-refractivity contribution in [2.45, 2.75) is 19.5 Å². The molecule has 0 radical (unpaired) electrons. The Labute approximate surface area is 170 Å². The van der Waals surface area contributed by atoms with Gasteiger partial charge in [0.2, 0.25) is 5.91 Å². The first kappa shape index (κ1) is 20.6. The Kier molecular flexibility index (Phi) is 7.39. The van der Waals surface area contributed by atoms with Crippen LogP contribution in [0.15, 0.2) is 47.1 Å². The van der Waals surface area contributed by atoms with Crippen LogP contribution >= 0.6 is 0 Å². The predicted octanol–water partition coefficient (Wildman–Crippen LogP) is 1.68. The van der Waals surface area contributed by atoms with Crippen LogP contribution in [-0.4, -0.2) is 54.5 Å². The van der Waals surface area contributed by atoms with Gasteiger partial charge in [-0.2, -0.15) is 5.26 Å². The molecule has 29 heavy (non-hydrogen) atoms. The quantitative estimate of drug-likeness (QED) is 0.772. The van der Waals surface area contributed by atoms with E-state index in [2.05, 4.69) is 26.5 Å². The summed E-state index contributed by atoms with van der Waals surface area (Å²) in [5.41, 5.74) is 1.83. The van der Waals surface area contributed by atoms with E-state index in [9.17, 15) is 9.59 Å². The van der Waals surface area contributed by atoms with E-state index in [1.165, 1.54) is 11.8 Å². The van der Waals surface area contributed by atoms with Crippen molar-refractivity contribution in [3.63, 3.8) is 0 Å². The van der Waals surface area contributed by atoms with Gasteiger partial charge in [-0.25, -0.2) is 4.79 Å². The molecule has 0 atom stereocenters. The highest BCUT2D eigenvalue weighted by Crippen LogP contribution is 2.10. The monoisotopic (exact) mass is 395 g/mol. The summed E-state index contributed by atoms with van der Waals surface area (Å²) in [4.78, 5) is 28.4. The number of nitrogens with one attached hydrogen (secondary N) is 2. The van der Waals surface area contributed by atoms with Crippen molar-refractivity contribution in [3.8, 4) is 6.07 Å². The van der Waals surface area contributed by atoms with Gasteiger partial charge >= 0.3 is 6.03 Å². The molecule has 0 bridgehead atoms. The summed E-state index contributed by atoms with van der Waals surface area (Å²) in [6, 6.07) is 12.7. The van der Waals surface area contributed by atoms with E-state index in [0.717, 1.165) is 39.1 Å². The van der Waals surface area contributed by atoms with Gasteiger partial charge < -0.3 is 9.73 Å². The van der Waals surface area contributed by atoms with Gasteiger partial charge in [-0.1, -0.05) is 12.1 Å². The van der Waals surface area contributed by atoms with E-state index in [-0.39, 0.29) is 19.0 Å². The van der Waals surface area contributed by atoms with E-state index in [4.69, 9.17) is 9.68 Å². The molecule has 2 aromatic rings. The van der Waals surface area contributed by atoms with Gasteiger partial charge in [0.25, 0.3) is 0 Å². The van der Waals surface area contributed by atoms with E-state index in [1.807, 2.05) is 24.3 Å². The molecule has 0 aliphatic carbocycles. The molecule has 1 aliphatic rings. The third-order valence-electron chi connectivity index (χ3n) is 4.79. The van der Waals surface area contributed by atoms with Crippen LogP contribution in [0.2, 0.25) is 0 Å². The van der Waals surface area contributed by atoms with Crippen LogP contribution in [0.25, 0.3) is 0 Å². The van der Waals surface area contributed by atoms with Crippen LogP contribution in [0.5, 0.6) is 0 Å². The number of furan rings is 1. The van der Waals surface area contributed by atoms with Crippen LogP contribution in [0.1, 0.15) is 23.3 Å². The number of hydrogen-bond donors (Lipinski definition) is 2. The lowest BCUT2D eigenvalue weighted by atomic mass is 10.1. The number of nitriles is 1. The molecule has 8 heteroatoms. The zero-order chi connectivity index (χ0) is 20.5. The first-order valence-electron chi connectivity index (χ1n) is 9.66. The Morgan fingerprint density at radius 3 is 2.55 bits per heavy atom. The average molecular weight is 395 g/mol. The maximum absolute atomic E-state index is 12.2. The Morgan fingerprint density at radius 2 is 1.83 bits per heavy atom. The van der Waals surface area contributed by atoms with E-state index >= 15 is 0 Å². The van der Waals surface area contributed by atoms with Gasteiger partial charge in [-0.15, -0.1) is 0 Å². The summed E-state index contributed by atoms with van der Waals surface area (Å²) >= 11 is 0. The minimum Gasteiger partial charge on any atom is -0.467 e. The number of hydrogen-bond acceptors (Lipinski definition) is 6. The molecule has 0 unspecified atom stereocenters. The lowest BCUT2D eigenvalue weighted by Crippen LogP contribution is -2.45. The van der Waals surface area contributed by atoms with Gasteiger partial charge in [-0.05, 0) is 49.3 Å². The molecule has 0 saturated carbocycles. The highest BCUT2D eigenvalue weighted by Gasteiger charge is 2.18. The summed E-state index contributed by atoms with van der Waals surface area (Å²) in [6.07, 6.45) is 2.48. The molecule has 152 valence electrons. The predicted molar refractivity (Wildman–Crippen MR) is 107 cm³/mol. The van der Waals surface area contributed by atoms with E-state index in [1.54, 1.807) is 12.1 Å². The minimum atomic E-state index is -0.524. The molecule has 1 aromatic carbocycles. The Morgan fingerprint density at radius 1 is 1.07 bits per heavy atom. The number of amides is 3. The van der Waals surface area contributed by atoms with Crippen molar-refractivity contribution in [3.05, 3.63) is 59.5 Å². The second-order valence-electron chi connectivity index (χ2n) is 7.02. The van der Waals surface area contributed by atoms with Crippen molar-refractivity contribution in [1.29, 1.82) is 5.26 Å². The molecule has 8 nitrogen and oxygen atoms in total. The molecule has 1 aliphatic heterocycles. The minimum absolute atomic E-state index is 0.193. The van der Waals surface area contributed by atoms with Crippen LogP contribution < -0.4 is 10.6 Å². The summed E-state index contributed by atoms with van der Waals surface area (Å²) in [7, 11) is 0. The normalized spacial score (nSPS) is 15.3. The van der Waals surface area contributed by atoms with E-state index < -0.39 is 6.03 Å². The molecule has 0 spiro atoms. The van der Waals surface area contributed by atoms with Crippen molar-refractivity contribution >= 4 is 11.9 Å². The van der Waals surface area contributed by atoms with Crippen LogP contribution in [-0.2, 0) is 17.9 Å². The van der Waals surface area contributed by atoms with E-state index in [0.29, 0.717) is 11.3 Å². The molecular weight excluding hydrogens is 370 g/mol. The van der Waals surface area contributed by atoms with Crippen molar-refractivity contribution in [2.24, 2.45) is 0 Å². The number of urea groups is 1. The molecule has 1 aromatic heterocycles. The van der Waals surface area contributed by atoms with Gasteiger partial charge in [0.05, 0.1) is 31.0 Å². The largest absolute Gasteiger partial charge is 0.467 e. The summed E-state index contributed by atoms with van der Waals surface area (Å²) in [6.45, 7) is 4.61. The number of imide groups is 1. The topological polar surface area (TPSA) is 102 Å². The molecule has 2 N–H and O–H groups in total. The fourth-order valence-electron chi connectivity index (χ4n) is 3.28. The number of nitrogens with zero attached hydrogens (tertiary/aromatic N) is 3. The van der Waals surface area contributed by atoms with Crippen molar-refractivity contribution in [2.75, 3.05) is 32.7 Å². The maximum Gasteiger partial charge on any atom is 0.321 e. The lowest BCUT2D eigenvalue weighted by Gasteiger charge is -2.21. The maximum atomic E-state index is 12.2. The Hall–Kier alpha value is -3.15. The van der Waals surface area contributed by atoms with Crippen molar-refractivity contribution < 1.29 is 14.0 Å². The number of carbonyl (C=O) groups excluding carboxylic acids is 2. The molecular formula is C21H25N5O3. The molecule has 1 fully saturated rings. The van der Waals surface area contributed by atoms with Crippen LogP contribution in [0.3, 0.4) is 0 Å². The van der Waals surface area contributed by atoms with Crippen LogP contribution in [0, 0.1) is 11.3 Å². The molecule has 2 heterocycles. The summed E-state index contributed by atoms with van der Waals surface area (Å²) in [5.74, 6) is 0.310. The highest BCUT2D eigenvalue weighted by molar-refractivity contribution is 5.95. The standard InChI is InChI=1S/C21H25N5O3/c22-13-17-4-6-18(7-5-17)15-25-8-2-9-26(11-10-25)16-20(27)24-21(28)23-14-19-3-1-12-29-19/h1,3-7,12H,2,8-11,14-16H2,(H2,23,24,27,28). The van der Waals surface area contributed by atoms with Gasteiger partial charge in [0, 0.05) is 19.6 Å². The molecule has 3 rings (SSSR count). The van der Waals surface area contributed by atoms with Gasteiger partial charge in [0.15, 0.2) is 0 Å².